The summed E-state index contributed by atoms with van der Waals surface area (Å²) in [5.41, 5.74) is 5.08. The molecule has 0 unspecified atom stereocenters. The van der Waals surface area contributed by atoms with Crippen molar-refractivity contribution in [1.29, 1.82) is 0 Å². The first-order chi connectivity index (χ1) is 17.2. The lowest BCUT2D eigenvalue weighted by molar-refractivity contribution is -0.138. The van der Waals surface area contributed by atoms with Gasteiger partial charge in [0.05, 0.1) is 11.1 Å². The third kappa shape index (κ3) is 5.43. The number of hydrogen-bond acceptors (Lipinski definition) is 6. The van der Waals surface area contributed by atoms with E-state index in [0.29, 0.717) is 30.2 Å². The van der Waals surface area contributed by atoms with Gasteiger partial charge in [-0.3, -0.25) is 9.59 Å². The van der Waals surface area contributed by atoms with Crippen molar-refractivity contribution in [3.63, 3.8) is 0 Å². The van der Waals surface area contributed by atoms with E-state index in [0.717, 1.165) is 6.07 Å². The second-order valence-electron chi connectivity index (χ2n) is 8.06. The number of aromatic nitrogens is 2. The molecule has 1 aliphatic rings. The van der Waals surface area contributed by atoms with Crippen LogP contribution in [0, 0.1) is 5.82 Å². The highest BCUT2D eigenvalue weighted by atomic mass is 19.4. The molecule has 36 heavy (non-hydrogen) atoms. The molecule has 2 amide bonds. The molecule has 4 rings (SSSR count). The lowest BCUT2D eigenvalue weighted by Gasteiger charge is -2.35. The highest BCUT2D eigenvalue weighted by Gasteiger charge is 2.36. The summed E-state index contributed by atoms with van der Waals surface area (Å²) in [6, 6.07) is 11.6. The maximum Gasteiger partial charge on any atom is 0.417 e. The predicted octanol–water partition coefficient (Wildman–Crippen LogP) is 3.31. The van der Waals surface area contributed by atoms with Gasteiger partial charge in [0, 0.05) is 38.4 Å². The fourth-order valence-electron chi connectivity index (χ4n) is 3.88. The van der Waals surface area contributed by atoms with Gasteiger partial charge in [0.2, 0.25) is 0 Å². The SMILES string of the molecule is NCc1cc(F)ccc1NC(=O)c1ccc(N2CCN(C(=O)c3ccccc3C(F)(F)F)CC2)nn1. The number of nitrogens with one attached hydrogen (secondary N) is 1. The molecule has 3 N–H and O–H groups in total. The Morgan fingerprint density at radius 1 is 0.972 bits per heavy atom. The van der Waals surface area contributed by atoms with E-state index >= 15 is 0 Å². The minimum atomic E-state index is -4.62. The Labute approximate surface area is 203 Å². The number of anilines is 2. The number of rotatable bonds is 5. The predicted molar refractivity (Wildman–Crippen MR) is 124 cm³/mol. The molecule has 1 aromatic heterocycles. The Morgan fingerprint density at radius 2 is 1.69 bits per heavy atom. The smallest absolute Gasteiger partial charge is 0.352 e. The average Bonchev–Trinajstić information content (AvgIpc) is 2.89. The Kier molecular flexibility index (Phi) is 7.15. The van der Waals surface area contributed by atoms with Crippen molar-refractivity contribution in [3.05, 3.63) is 82.8 Å². The van der Waals surface area contributed by atoms with Crippen LogP contribution < -0.4 is 16.0 Å². The number of carbonyl (C=O) groups excluding carboxylic acids is 2. The molecule has 1 aliphatic heterocycles. The van der Waals surface area contributed by atoms with Crippen LogP contribution in [-0.4, -0.2) is 53.1 Å². The van der Waals surface area contributed by atoms with Gasteiger partial charge in [0.1, 0.15) is 5.82 Å². The molecular weight excluding hydrogens is 480 g/mol. The van der Waals surface area contributed by atoms with E-state index in [4.69, 9.17) is 5.73 Å². The maximum absolute atomic E-state index is 13.4. The van der Waals surface area contributed by atoms with E-state index in [2.05, 4.69) is 15.5 Å². The molecule has 2 aromatic carbocycles. The van der Waals surface area contributed by atoms with Gasteiger partial charge < -0.3 is 20.9 Å². The monoisotopic (exact) mass is 502 g/mol. The fraction of sp³-hybridized carbons (Fsp3) is 0.250. The van der Waals surface area contributed by atoms with Gasteiger partial charge in [-0.2, -0.15) is 13.2 Å². The van der Waals surface area contributed by atoms with Crippen molar-refractivity contribution in [3.8, 4) is 0 Å². The average molecular weight is 502 g/mol. The van der Waals surface area contributed by atoms with E-state index in [-0.39, 0.29) is 30.9 Å². The number of carbonyl (C=O) groups is 2. The normalized spacial score (nSPS) is 14.0. The quantitative estimate of drug-likeness (QED) is 0.519. The number of nitrogens with zero attached hydrogens (tertiary/aromatic N) is 4. The van der Waals surface area contributed by atoms with Gasteiger partial charge in [-0.25, -0.2) is 4.39 Å². The zero-order valence-electron chi connectivity index (χ0n) is 18.9. The first-order valence-electron chi connectivity index (χ1n) is 11.0. The van der Waals surface area contributed by atoms with Crippen LogP contribution in [0.5, 0.6) is 0 Å². The van der Waals surface area contributed by atoms with Gasteiger partial charge in [-0.1, -0.05) is 12.1 Å². The van der Waals surface area contributed by atoms with Crippen molar-refractivity contribution in [2.24, 2.45) is 5.73 Å². The number of piperazine rings is 1. The lowest BCUT2D eigenvalue weighted by Crippen LogP contribution is -2.49. The number of alkyl halides is 3. The van der Waals surface area contributed by atoms with Crippen molar-refractivity contribution in [1.82, 2.24) is 15.1 Å². The molecule has 0 bridgehead atoms. The Balaban J connectivity index is 1.38. The number of halogens is 4. The molecule has 12 heteroatoms. The molecule has 1 fully saturated rings. The summed E-state index contributed by atoms with van der Waals surface area (Å²) < 4.78 is 53.2. The van der Waals surface area contributed by atoms with E-state index in [1.54, 1.807) is 6.07 Å². The first kappa shape index (κ1) is 25.0. The Hall–Kier alpha value is -4.06. The maximum atomic E-state index is 13.4. The lowest BCUT2D eigenvalue weighted by atomic mass is 10.1. The van der Waals surface area contributed by atoms with Crippen LogP contribution in [-0.2, 0) is 12.7 Å². The second-order valence-corrected chi connectivity index (χ2v) is 8.06. The summed E-state index contributed by atoms with van der Waals surface area (Å²) in [5, 5.41) is 10.7. The molecule has 0 radical (unpaired) electrons. The van der Waals surface area contributed by atoms with Crippen LogP contribution in [0.2, 0.25) is 0 Å². The largest absolute Gasteiger partial charge is 0.417 e. The Bertz CT molecular complexity index is 1260. The third-order valence-electron chi connectivity index (χ3n) is 5.77. The van der Waals surface area contributed by atoms with Gasteiger partial charge >= 0.3 is 6.18 Å². The summed E-state index contributed by atoms with van der Waals surface area (Å²) in [7, 11) is 0. The fourth-order valence-corrected chi connectivity index (χ4v) is 3.88. The highest BCUT2D eigenvalue weighted by Crippen LogP contribution is 2.32. The number of benzene rings is 2. The number of amides is 2. The highest BCUT2D eigenvalue weighted by molar-refractivity contribution is 6.03. The van der Waals surface area contributed by atoms with Crippen molar-refractivity contribution in [2.75, 3.05) is 36.4 Å². The molecule has 3 aromatic rings. The van der Waals surface area contributed by atoms with E-state index in [1.165, 1.54) is 47.4 Å². The molecule has 0 aliphatic carbocycles. The van der Waals surface area contributed by atoms with Crippen LogP contribution in [0.1, 0.15) is 32.0 Å². The van der Waals surface area contributed by atoms with Crippen molar-refractivity contribution < 1.29 is 27.2 Å². The standard InChI is InChI=1S/C24H22F4N6O2/c25-16-5-6-19(15(13-16)14-29)30-22(35)20-7-8-21(32-31-20)33-9-11-34(12-10-33)23(36)17-3-1-2-4-18(17)24(26,27)28/h1-8,13H,9-12,14,29H2,(H,30,35). The molecule has 188 valence electrons. The van der Waals surface area contributed by atoms with Gasteiger partial charge in [-0.05, 0) is 48.0 Å². The molecule has 2 heterocycles. The molecule has 0 atom stereocenters. The zero-order valence-corrected chi connectivity index (χ0v) is 18.9. The second kappa shape index (κ2) is 10.3. The zero-order chi connectivity index (χ0) is 25.9. The van der Waals surface area contributed by atoms with Crippen LogP contribution in [0.3, 0.4) is 0 Å². The van der Waals surface area contributed by atoms with Crippen LogP contribution in [0.15, 0.2) is 54.6 Å². The van der Waals surface area contributed by atoms with Crippen LogP contribution >= 0.6 is 0 Å². The number of nitrogens with two attached hydrogens (primary N) is 1. The third-order valence-corrected chi connectivity index (χ3v) is 5.77. The van der Waals surface area contributed by atoms with Gasteiger partial charge in [0.15, 0.2) is 11.5 Å². The van der Waals surface area contributed by atoms with E-state index in [1.807, 2.05) is 4.90 Å². The molecular formula is C24H22F4N6O2. The van der Waals surface area contributed by atoms with Crippen LogP contribution in [0.4, 0.5) is 29.1 Å². The van der Waals surface area contributed by atoms with E-state index < -0.39 is 29.4 Å². The summed E-state index contributed by atoms with van der Waals surface area (Å²) in [5.74, 6) is -1.24. The van der Waals surface area contributed by atoms with Gasteiger partial charge in [-0.15, -0.1) is 10.2 Å². The topological polar surface area (TPSA) is 104 Å². The Morgan fingerprint density at radius 3 is 2.33 bits per heavy atom. The summed E-state index contributed by atoms with van der Waals surface area (Å²) in [6.45, 7) is 1.09. The molecule has 8 nitrogen and oxygen atoms in total. The van der Waals surface area contributed by atoms with Crippen LogP contribution in [0.25, 0.3) is 0 Å². The molecule has 1 saturated heterocycles. The van der Waals surface area contributed by atoms with Gasteiger partial charge in [0.25, 0.3) is 11.8 Å². The molecule has 0 saturated carbocycles. The minimum Gasteiger partial charge on any atom is -0.352 e. The van der Waals surface area contributed by atoms with Crippen molar-refractivity contribution >= 4 is 23.3 Å². The summed E-state index contributed by atoms with van der Waals surface area (Å²) in [4.78, 5) is 28.5. The van der Waals surface area contributed by atoms with Crippen molar-refractivity contribution in [2.45, 2.75) is 12.7 Å². The summed E-state index contributed by atoms with van der Waals surface area (Å²) in [6.07, 6.45) is -4.62. The first-order valence-corrected chi connectivity index (χ1v) is 11.0. The number of hydrogen-bond donors (Lipinski definition) is 2. The summed E-state index contributed by atoms with van der Waals surface area (Å²) >= 11 is 0. The molecule has 0 spiro atoms. The van der Waals surface area contributed by atoms with E-state index in [9.17, 15) is 27.2 Å². The minimum absolute atomic E-state index is 0.0311.